The molecule has 10 heteroatoms. The second-order valence-electron chi connectivity index (χ2n) is 7.07. The molecule has 160 valence electrons. The molecule has 9 nitrogen and oxygen atoms in total. The van der Waals surface area contributed by atoms with Crippen LogP contribution in [-0.4, -0.2) is 67.7 Å². The molecule has 0 amide bonds. The van der Waals surface area contributed by atoms with Crippen molar-refractivity contribution in [2.75, 3.05) is 43.4 Å². The zero-order valence-corrected chi connectivity index (χ0v) is 17.2. The lowest BCUT2D eigenvalue weighted by Crippen LogP contribution is -2.44. The fourth-order valence-electron chi connectivity index (χ4n) is 3.43. The number of aromatic nitrogens is 6. The van der Waals surface area contributed by atoms with E-state index in [0.29, 0.717) is 5.82 Å². The molecule has 5 rings (SSSR count). The minimum Gasteiger partial charge on any atom is -0.354 e. The third kappa shape index (κ3) is 4.53. The number of H-pyrrole nitrogens is 1. The maximum absolute atomic E-state index is 10.1. The van der Waals surface area contributed by atoms with E-state index in [1.54, 1.807) is 12.4 Å². The molecule has 0 unspecified atom stereocenters. The van der Waals surface area contributed by atoms with E-state index in [4.69, 9.17) is 0 Å². The lowest BCUT2D eigenvalue weighted by Gasteiger charge is -2.33. The first-order valence-electron chi connectivity index (χ1n) is 9.88. The Morgan fingerprint density at radius 1 is 1.10 bits per heavy atom. The molecule has 5 heterocycles. The highest BCUT2D eigenvalue weighted by molar-refractivity contribution is 5.73. The number of piperazine rings is 1. The van der Waals surface area contributed by atoms with Gasteiger partial charge < -0.3 is 15.1 Å². The van der Waals surface area contributed by atoms with Gasteiger partial charge in [-0.15, -0.1) is 0 Å². The highest BCUT2D eigenvalue weighted by Gasteiger charge is 2.15. The Bertz CT molecular complexity index is 1110. The molecule has 1 fully saturated rings. The summed E-state index contributed by atoms with van der Waals surface area (Å²) in [5, 5.41) is 10.2. The van der Waals surface area contributed by atoms with E-state index in [-0.39, 0.29) is 6.33 Å². The van der Waals surface area contributed by atoms with Gasteiger partial charge in [0.25, 0.3) is 0 Å². The van der Waals surface area contributed by atoms with Crippen molar-refractivity contribution in [3.05, 3.63) is 62.2 Å². The number of fused-ring (bicyclic) bond motifs is 1. The summed E-state index contributed by atoms with van der Waals surface area (Å²) in [5.74, 6) is 1.69. The topological polar surface area (TPSA) is 90.3 Å². The van der Waals surface area contributed by atoms with Crippen LogP contribution in [0.15, 0.2) is 62.2 Å². The molecule has 0 bridgehead atoms. The first-order chi connectivity index (χ1) is 15.2. The summed E-state index contributed by atoms with van der Waals surface area (Å²) in [6.45, 7) is 6.82. The average Bonchev–Trinajstić information content (AvgIpc) is 3.49. The summed E-state index contributed by atoms with van der Waals surface area (Å²) in [4.78, 5) is 18.3. The van der Waals surface area contributed by atoms with E-state index in [0.717, 1.165) is 54.6 Å². The number of likely N-dealkylation sites (N-methyl/N-ethyl adjacent to an activating group) is 1. The lowest BCUT2D eigenvalue weighted by atomic mass is 10.2. The lowest BCUT2D eigenvalue weighted by molar-refractivity contribution is 0.312. The van der Waals surface area contributed by atoms with Crippen molar-refractivity contribution in [1.82, 2.24) is 34.4 Å². The summed E-state index contributed by atoms with van der Waals surface area (Å²) < 4.78 is 12.0. The minimum absolute atomic E-state index is 0.250. The van der Waals surface area contributed by atoms with Crippen LogP contribution in [0.2, 0.25) is 0 Å². The number of aromatic amines is 1. The second-order valence-corrected chi connectivity index (χ2v) is 7.07. The molecule has 31 heavy (non-hydrogen) atoms. The van der Waals surface area contributed by atoms with E-state index in [1.807, 2.05) is 35.3 Å². The zero-order chi connectivity index (χ0) is 21.6. The Labute approximate surface area is 179 Å². The minimum atomic E-state index is 0.250. The highest BCUT2D eigenvalue weighted by Crippen LogP contribution is 2.25. The predicted molar refractivity (Wildman–Crippen MR) is 119 cm³/mol. The third-order valence-electron chi connectivity index (χ3n) is 5.06. The van der Waals surface area contributed by atoms with Gasteiger partial charge in [-0.2, -0.15) is 5.10 Å². The van der Waals surface area contributed by atoms with E-state index in [9.17, 15) is 4.39 Å². The van der Waals surface area contributed by atoms with Gasteiger partial charge in [-0.3, -0.25) is 9.50 Å². The standard InChI is InChI=1S/C19H21N9.C2H3F/c1-26-6-8-27(9-7-26)17-3-2-15(12-21-17)25-18-19-20-4-5-28(19)16(13-22-18)14-10-23-24-11-14;1-2-3/h2-5,10-13H,6-9H2,1H3,(H,22,25)(H,23,24);2H,1H2. The largest absolute Gasteiger partial charge is 0.354 e. The van der Waals surface area contributed by atoms with Crippen molar-refractivity contribution in [3.63, 3.8) is 0 Å². The Hall–Kier alpha value is -3.79. The van der Waals surface area contributed by atoms with Crippen LogP contribution < -0.4 is 10.2 Å². The number of hydrogen-bond acceptors (Lipinski definition) is 7. The number of rotatable bonds is 4. The monoisotopic (exact) mass is 421 g/mol. The molecule has 1 aliphatic rings. The van der Waals surface area contributed by atoms with Gasteiger partial charge in [-0.1, -0.05) is 6.58 Å². The van der Waals surface area contributed by atoms with Gasteiger partial charge in [0.2, 0.25) is 0 Å². The van der Waals surface area contributed by atoms with Crippen LogP contribution in [0.4, 0.5) is 21.7 Å². The summed E-state index contributed by atoms with van der Waals surface area (Å²) in [7, 11) is 2.15. The molecule has 0 aromatic carbocycles. The number of imidazole rings is 1. The van der Waals surface area contributed by atoms with E-state index >= 15 is 0 Å². The van der Waals surface area contributed by atoms with Crippen molar-refractivity contribution < 1.29 is 4.39 Å². The number of hydrogen-bond donors (Lipinski definition) is 2. The quantitative estimate of drug-likeness (QED) is 0.523. The molecule has 0 saturated carbocycles. The van der Waals surface area contributed by atoms with Crippen molar-refractivity contribution in [2.24, 2.45) is 0 Å². The summed E-state index contributed by atoms with van der Waals surface area (Å²) in [6, 6.07) is 4.09. The van der Waals surface area contributed by atoms with Crippen LogP contribution in [-0.2, 0) is 0 Å². The normalized spacial score (nSPS) is 14.2. The Balaban J connectivity index is 0.000000730. The van der Waals surface area contributed by atoms with Crippen molar-refractivity contribution in [2.45, 2.75) is 0 Å². The number of anilines is 3. The first kappa shape index (κ1) is 20.5. The van der Waals surface area contributed by atoms with Crippen LogP contribution in [0.1, 0.15) is 0 Å². The zero-order valence-electron chi connectivity index (χ0n) is 17.2. The van der Waals surface area contributed by atoms with Crippen molar-refractivity contribution in [3.8, 4) is 11.3 Å². The Morgan fingerprint density at radius 2 is 1.90 bits per heavy atom. The van der Waals surface area contributed by atoms with Gasteiger partial charge in [-0.25, -0.2) is 19.3 Å². The van der Waals surface area contributed by atoms with Crippen LogP contribution in [0.5, 0.6) is 0 Å². The maximum atomic E-state index is 10.1. The van der Waals surface area contributed by atoms with Crippen molar-refractivity contribution >= 4 is 23.0 Å². The van der Waals surface area contributed by atoms with Gasteiger partial charge in [0.1, 0.15) is 5.82 Å². The number of halogens is 1. The van der Waals surface area contributed by atoms with Gasteiger partial charge in [0.05, 0.1) is 36.3 Å². The molecule has 4 aromatic rings. The van der Waals surface area contributed by atoms with Gasteiger partial charge in [-0.05, 0) is 19.2 Å². The fourth-order valence-corrected chi connectivity index (χ4v) is 3.43. The molecule has 1 aliphatic heterocycles. The van der Waals surface area contributed by atoms with Crippen LogP contribution in [0, 0.1) is 0 Å². The fraction of sp³-hybridized carbons (Fsp3) is 0.238. The number of pyridine rings is 1. The molecule has 0 spiro atoms. The summed E-state index contributed by atoms with van der Waals surface area (Å²) >= 11 is 0. The molecular formula is C21H24FN9. The average molecular weight is 421 g/mol. The maximum Gasteiger partial charge on any atom is 0.180 e. The van der Waals surface area contributed by atoms with Gasteiger partial charge in [0.15, 0.2) is 11.5 Å². The third-order valence-corrected chi connectivity index (χ3v) is 5.06. The van der Waals surface area contributed by atoms with Crippen LogP contribution in [0.3, 0.4) is 0 Å². The van der Waals surface area contributed by atoms with Crippen LogP contribution >= 0.6 is 0 Å². The predicted octanol–water partition coefficient (Wildman–Crippen LogP) is 3.11. The van der Waals surface area contributed by atoms with Gasteiger partial charge >= 0.3 is 0 Å². The van der Waals surface area contributed by atoms with E-state index in [2.05, 4.69) is 60.0 Å². The van der Waals surface area contributed by atoms with Gasteiger partial charge in [0, 0.05) is 50.3 Å². The Kier molecular flexibility index (Phi) is 6.18. The smallest absolute Gasteiger partial charge is 0.180 e. The molecule has 0 aliphatic carbocycles. The number of nitrogens with one attached hydrogen (secondary N) is 2. The SMILES string of the molecule is C=CF.CN1CCN(c2ccc(Nc3ncc(-c4cn[nH]c4)n4ccnc34)cn2)CC1. The molecule has 0 atom stereocenters. The van der Waals surface area contributed by atoms with E-state index in [1.165, 1.54) is 0 Å². The molecule has 0 radical (unpaired) electrons. The Morgan fingerprint density at radius 3 is 2.58 bits per heavy atom. The molecular weight excluding hydrogens is 397 g/mol. The first-order valence-corrected chi connectivity index (χ1v) is 9.88. The molecule has 2 N–H and O–H groups in total. The highest BCUT2D eigenvalue weighted by atomic mass is 19.1. The molecule has 4 aromatic heterocycles. The summed E-state index contributed by atoms with van der Waals surface area (Å²) in [5.41, 5.74) is 3.52. The second kappa shape index (κ2) is 9.35. The number of nitrogens with zero attached hydrogens (tertiary/aromatic N) is 7. The molecule has 1 saturated heterocycles. The van der Waals surface area contributed by atoms with E-state index < -0.39 is 0 Å². The van der Waals surface area contributed by atoms with Crippen LogP contribution in [0.25, 0.3) is 16.9 Å². The summed E-state index contributed by atoms with van der Waals surface area (Å²) in [6.07, 6.45) is 11.2. The van der Waals surface area contributed by atoms with Crippen molar-refractivity contribution in [1.29, 1.82) is 0 Å².